The molecule has 1 aliphatic heterocycles. The number of thioether (sulfide) groups is 1. The standard InChI is InChI=1S/C6H4BrF6NOS/c1-4(5(8,9)10)14-3(2(7)16-4)15-6(11,12)13/h14H,1H3. The third kappa shape index (κ3) is 2.90. The highest BCUT2D eigenvalue weighted by molar-refractivity contribution is 9.14. The van der Waals surface area contributed by atoms with Crippen LogP contribution in [0.2, 0.25) is 0 Å². The van der Waals surface area contributed by atoms with E-state index in [0.717, 1.165) is 0 Å². The summed E-state index contributed by atoms with van der Waals surface area (Å²) in [6.07, 6.45) is -9.76. The van der Waals surface area contributed by atoms with E-state index in [-0.39, 0.29) is 15.6 Å². The molecule has 1 N–H and O–H groups in total. The minimum absolute atomic E-state index is 0.159. The Morgan fingerprint density at radius 1 is 1.25 bits per heavy atom. The zero-order valence-corrected chi connectivity index (χ0v) is 9.86. The van der Waals surface area contributed by atoms with Crippen LogP contribution >= 0.6 is 27.7 Å². The minimum Gasteiger partial charge on any atom is -0.388 e. The van der Waals surface area contributed by atoms with Gasteiger partial charge in [0.05, 0.1) is 0 Å². The van der Waals surface area contributed by atoms with E-state index >= 15 is 0 Å². The molecule has 16 heavy (non-hydrogen) atoms. The first kappa shape index (κ1) is 13.8. The number of alkyl halides is 6. The maximum absolute atomic E-state index is 12.5. The van der Waals surface area contributed by atoms with Crippen molar-refractivity contribution >= 4 is 27.7 Å². The molecule has 94 valence electrons. The lowest BCUT2D eigenvalue weighted by Crippen LogP contribution is -2.48. The van der Waals surface area contributed by atoms with Crippen LogP contribution in [0.25, 0.3) is 0 Å². The van der Waals surface area contributed by atoms with Gasteiger partial charge in [0.15, 0.2) is 4.87 Å². The van der Waals surface area contributed by atoms with Gasteiger partial charge in [-0.05, 0) is 22.9 Å². The summed E-state index contributed by atoms with van der Waals surface area (Å²) in [5.41, 5.74) is 0. The van der Waals surface area contributed by atoms with Crippen LogP contribution in [-0.4, -0.2) is 17.4 Å². The molecule has 0 aromatic heterocycles. The van der Waals surface area contributed by atoms with E-state index in [4.69, 9.17) is 0 Å². The fraction of sp³-hybridized carbons (Fsp3) is 0.667. The highest BCUT2D eigenvalue weighted by Gasteiger charge is 2.57. The van der Waals surface area contributed by atoms with E-state index in [1.54, 1.807) is 5.32 Å². The summed E-state index contributed by atoms with van der Waals surface area (Å²) in [6.45, 7) is 0.714. The molecule has 0 spiro atoms. The average Bonchev–Trinajstić information content (AvgIpc) is 2.22. The Balaban J connectivity index is 2.83. The highest BCUT2D eigenvalue weighted by atomic mass is 79.9. The molecular formula is C6H4BrF6NOS. The maximum atomic E-state index is 12.5. The summed E-state index contributed by atoms with van der Waals surface area (Å²) in [6, 6.07) is 0. The van der Waals surface area contributed by atoms with Crippen LogP contribution in [0, 0.1) is 0 Å². The van der Waals surface area contributed by atoms with Crippen LogP contribution in [0.5, 0.6) is 0 Å². The summed E-state index contributed by atoms with van der Waals surface area (Å²) in [5, 5.41) is 1.64. The highest BCUT2D eigenvalue weighted by Crippen LogP contribution is 2.51. The Hall–Kier alpha value is -0.250. The van der Waals surface area contributed by atoms with Gasteiger partial charge in [0.25, 0.3) is 0 Å². The van der Waals surface area contributed by atoms with E-state index in [9.17, 15) is 26.3 Å². The van der Waals surface area contributed by atoms with Crippen molar-refractivity contribution in [1.82, 2.24) is 5.32 Å². The van der Waals surface area contributed by atoms with Gasteiger partial charge < -0.3 is 10.1 Å². The number of halogens is 7. The average molecular weight is 332 g/mol. The predicted octanol–water partition coefficient (Wildman–Crippen LogP) is 3.66. The summed E-state index contributed by atoms with van der Waals surface area (Å²) in [5.74, 6) is -0.989. The summed E-state index contributed by atoms with van der Waals surface area (Å²) in [4.78, 5) is -2.54. The number of ether oxygens (including phenoxy) is 1. The predicted molar refractivity (Wildman–Crippen MR) is 48.3 cm³/mol. The van der Waals surface area contributed by atoms with Gasteiger partial charge in [0, 0.05) is 0 Å². The monoisotopic (exact) mass is 331 g/mol. The molecule has 0 aliphatic carbocycles. The second kappa shape index (κ2) is 3.90. The molecule has 0 radical (unpaired) electrons. The summed E-state index contributed by atoms with van der Waals surface area (Å²) in [7, 11) is 0. The molecule has 0 saturated heterocycles. The van der Waals surface area contributed by atoms with Crippen molar-refractivity contribution in [3.8, 4) is 0 Å². The molecule has 2 nitrogen and oxygen atoms in total. The SMILES string of the molecule is CC1(C(F)(F)F)NC(OC(F)(F)F)=C(Br)S1. The van der Waals surface area contributed by atoms with Crippen LogP contribution in [0.3, 0.4) is 0 Å². The third-order valence-electron chi connectivity index (χ3n) is 1.58. The fourth-order valence-electron chi connectivity index (χ4n) is 0.827. The van der Waals surface area contributed by atoms with Crippen molar-refractivity contribution in [2.75, 3.05) is 0 Å². The van der Waals surface area contributed by atoms with Crippen LogP contribution in [0.15, 0.2) is 9.70 Å². The Morgan fingerprint density at radius 2 is 1.75 bits per heavy atom. The number of nitrogens with one attached hydrogen (secondary N) is 1. The summed E-state index contributed by atoms with van der Waals surface area (Å²) < 4.78 is 75.9. The quantitative estimate of drug-likeness (QED) is 0.741. The van der Waals surface area contributed by atoms with Gasteiger partial charge in [0.2, 0.25) is 5.88 Å². The van der Waals surface area contributed by atoms with Crippen LogP contribution in [0.4, 0.5) is 26.3 Å². The lowest BCUT2D eigenvalue weighted by molar-refractivity contribution is -0.309. The molecule has 1 unspecified atom stereocenters. The van der Waals surface area contributed by atoms with E-state index < -0.39 is 23.3 Å². The zero-order valence-electron chi connectivity index (χ0n) is 7.46. The molecule has 0 fully saturated rings. The van der Waals surface area contributed by atoms with Crippen molar-refractivity contribution < 1.29 is 31.1 Å². The number of rotatable bonds is 1. The molecule has 0 bridgehead atoms. The van der Waals surface area contributed by atoms with Crippen molar-refractivity contribution in [2.24, 2.45) is 0 Å². The smallest absolute Gasteiger partial charge is 0.388 e. The Bertz CT molecular complexity index is 326. The van der Waals surface area contributed by atoms with Gasteiger partial charge >= 0.3 is 12.5 Å². The molecule has 0 aromatic carbocycles. The van der Waals surface area contributed by atoms with Gasteiger partial charge in [-0.25, -0.2) is 0 Å². The van der Waals surface area contributed by atoms with Gasteiger partial charge in [0.1, 0.15) is 3.81 Å². The largest absolute Gasteiger partial charge is 0.574 e. The lowest BCUT2D eigenvalue weighted by atomic mass is 10.3. The second-order valence-electron chi connectivity index (χ2n) is 2.91. The van der Waals surface area contributed by atoms with Gasteiger partial charge in [-0.1, -0.05) is 11.8 Å². The second-order valence-corrected chi connectivity index (χ2v) is 5.66. The Morgan fingerprint density at radius 3 is 2.06 bits per heavy atom. The molecule has 0 aromatic rings. The van der Waals surface area contributed by atoms with Gasteiger partial charge in [-0.15, -0.1) is 13.2 Å². The number of hydrogen-bond acceptors (Lipinski definition) is 3. The van der Waals surface area contributed by atoms with E-state index in [0.29, 0.717) is 6.92 Å². The van der Waals surface area contributed by atoms with E-state index in [2.05, 4.69) is 20.7 Å². The van der Waals surface area contributed by atoms with Crippen molar-refractivity contribution in [1.29, 1.82) is 0 Å². The van der Waals surface area contributed by atoms with Gasteiger partial charge in [-0.2, -0.15) is 13.2 Å². The van der Waals surface area contributed by atoms with Crippen LogP contribution in [0.1, 0.15) is 6.92 Å². The van der Waals surface area contributed by atoms with Crippen molar-refractivity contribution in [2.45, 2.75) is 24.3 Å². The fourth-order valence-corrected chi connectivity index (χ4v) is 2.78. The first-order chi connectivity index (χ1) is 6.95. The molecule has 1 heterocycles. The first-order valence-electron chi connectivity index (χ1n) is 3.64. The third-order valence-corrected chi connectivity index (χ3v) is 3.54. The Kier molecular flexibility index (Phi) is 3.36. The van der Waals surface area contributed by atoms with Crippen LogP contribution < -0.4 is 5.32 Å². The zero-order chi connectivity index (χ0) is 12.8. The normalized spacial score (nSPS) is 27.0. The first-order valence-corrected chi connectivity index (χ1v) is 5.25. The lowest BCUT2D eigenvalue weighted by Gasteiger charge is -2.27. The Labute approximate surface area is 98.5 Å². The van der Waals surface area contributed by atoms with Crippen molar-refractivity contribution in [3.05, 3.63) is 9.70 Å². The van der Waals surface area contributed by atoms with E-state index in [1.165, 1.54) is 0 Å². The molecular weight excluding hydrogens is 328 g/mol. The molecule has 10 heteroatoms. The molecule has 0 amide bonds. The molecule has 1 atom stereocenters. The van der Waals surface area contributed by atoms with E-state index in [1.807, 2.05) is 0 Å². The van der Waals surface area contributed by atoms with Crippen LogP contribution in [-0.2, 0) is 4.74 Å². The molecule has 1 aliphatic rings. The summed E-state index contributed by atoms with van der Waals surface area (Å²) >= 11 is 2.74. The van der Waals surface area contributed by atoms with Crippen molar-refractivity contribution in [3.63, 3.8) is 0 Å². The molecule has 0 saturated carbocycles. The number of hydrogen-bond donors (Lipinski definition) is 1. The maximum Gasteiger partial charge on any atom is 0.574 e. The minimum atomic E-state index is -5.04. The molecule has 1 rings (SSSR count). The topological polar surface area (TPSA) is 21.3 Å². The van der Waals surface area contributed by atoms with Gasteiger partial charge in [-0.3, -0.25) is 0 Å².